The van der Waals surface area contributed by atoms with Crippen LogP contribution in [0.4, 0.5) is 0 Å². The minimum atomic E-state index is -0.741. The lowest BCUT2D eigenvalue weighted by Gasteiger charge is -2.37. The van der Waals surface area contributed by atoms with E-state index in [0.717, 1.165) is 6.54 Å². The number of amides is 1. The molecule has 0 radical (unpaired) electrons. The highest BCUT2D eigenvalue weighted by atomic mass is 16.4. The van der Waals surface area contributed by atoms with Crippen LogP contribution in [0.1, 0.15) is 33.6 Å². The molecule has 5 heteroatoms. The molecule has 1 heterocycles. The summed E-state index contributed by atoms with van der Waals surface area (Å²) in [6.07, 6.45) is 1.13. The second-order valence-corrected chi connectivity index (χ2v) is 5.15. The number of nitrogens with zero attached hydrogens (tertiary/aromatic N) is 1. The summed E-state index contributed by atoms with van der Waals surface area (Å²) in [7, 11) is 0. The molecule has 0 aromatic heterocycles. The average Bonchev–Trinajstić information content (AvgIpc) is 2.34. The van der Waals surface area contributed by atoms with Crippen LogP contribution in [0.25, 0.3) is 0 Å². The maximum absolute atomic E-state index is 12.2. The van der Waals surface area contributed by atoms with E-state index in [4.69, 9.17) is 5.11 Å². The van der Waals surface area contributed by atoms with Gasteiger partial charge in [-0.15, -0.1) is 0 Å². The second-order valence-electron chi connectivity index (χ2n) is 5.15. The summed E-state index contributed by atoms with van der Waals surface area (Å²) in [6.45, 7) is 7.97. The molecule has 0 bridgehead atoms. The lowest BCUT2D eigenvalue weighted by Crippen LogP contribution is -2.49. The fourth-order valence-corrected chi connectivity index (χ4v) is 2.46. The maximum atomic E-state index is 12.2. The van der Waals surface area contributed by atoms with Crippen molar-refractivity contribution >= 4 is 11.9 Å². The van der Waals surface area contributed by atoms with Gasteiger partial charge in [0, 0.05) is 25.0 Å². The number of hydrogen-bond donors (Lipinski definition) is 2. The summed E-state index contributed by atoms with van der Waals surface area (Å²) in [5.41, 5.74) is 0. The van der Waals surface area contributed by atoms with E-state index in [2.05, 4.69) is 5.32 Å². The normalized spacial score (nSPS) is 25.8. The predicted octanol–water partition coefficient (Wildman–Crippen LogP) is 0.944. The topological polar surface area (TPSA) is 69.6 Å². The number of carboxylic acid groups (broad SMARTS) is 1. The number of carboxylic acids is 1. The Morgan fingerprint density at radius 3 is 2.67 bits per heavy atom. The molecule has 0 spiro atoms. The van der Waals surface area contributed by atoms with E-state index >= 15 is 0 Å². The molecule has 0 aromatic rings. The van der Waals surface area contributed by atoms with Crippen LogP contribution in [0.3, 0.4) is 0 Å². The number of aliphatic carboxylic acids is 1. The maximum Gasteiger partial charge on any atom is 0.306 e. The number of carbonyl (C=O) groups is 2. The van der Waals surface area contributed by atoms with Gasteiger partial charge in [0.2, 0.25) is 5.91 Å². The number of nitrogens with one attached hydrogen (secondary N) is 1. The molecule has 1 aliphatic heterocycles. The summed E-state index contributed by atoms with van der Waals surface area (Å²) in [4.78, 5) is 25.0. The van der Waals surface area contributed by atoms with E-state index in [0.29, 0.717) is 25.9 Å². The van der Waals surface area contributed by atoms with Crippen molar-refractivity contribution in [1.29, 1.82) is 0 Å². The van der Waals surface area contributed by atoms with E-state index in [9.17, 15) is 9.59 Å². The molecule has 1 amide bonds. The summed E-state index contributed by atoms with van der Waals surface area (Å²) in [5, 5.41) is 12.2. The van der Waals surface area contributed by atoms with Crippen molar-refractivity contribution in [2.45, 2.75) is 39.7 Å². The van der Waals surface area contributed by atoms with Gasteiger partial charge < -0.3 is 15.3 Å². The Kier molecular flexibility index (Phi) is 5.59. The van der Waals surface area contributed by atoms with Gasteiger partial charge in [0.25, 0.3) is 0 Å². The fraction of sp³-hybridized carbons (Fsp3) is 0.846. The van der Waals surface area contributed by atoms with Crippen molar-refractivity contribution in [3.8, 4) is 0 Å². The van der Waals surface area contributed by atoms with Gasteiger partial charge in [0.15, 0.2) is 0 Å². The first-order valence-electron chi connectivity index (χ1n) is 6.71. The summed E-state index contributed by atoms with van der Waals surface area (Å²) < 4.78 is 0. The fourth-order valence-electron chi connectivity index (χ4n) is 2.46. The Hall–Kier alpha value is -1.10. The van der Waals surface area contributed by atoms with E-state index in [1.165, 1.54) is 0 Å². The van der Waals surface area contributed by atoms with Crippen molar-refractivity contribution in [3.05, 3.63) is 0 Å². The van der Waals surface area contributed by atoms with Crippen LogP contribution in [0.2, 0.25) is 0 Å². The largest absolute Gasteiger partial charge is 0.481 e. The minimum Gasteiger partial charge on any atom is -0.481 e. The van der Waals surface area contributed by atoms with Gasteiger partial charge >= 0.3 is 5.97 Å². The van der Waals surface area contributed by atoms with Gasteiger partial charge in [-0.2, -0.15) is 0 Å². The van der Waals surface area contributed by atoms with E-state index in [1.807, 2.05) is 25.7 Å². The number of hydrogen-bond acceptors (Lipinski definition) is 3. The zero-order valence-electron chi connectivity index (χ0n) is 11.5. The molecule has 1 aliphatic rings. The SMILES string of the molecule is CCNCC(C)C(=O)N1CCC(C(=O)O)CC1C. The molecule has 18 heavy (non-hydrogen) atoms. The zero-order valence-corrected chi connectivity index (χ0v) is 11.5. The lowest BCUT2D eigenvalue weighted by atomic mass is 9.91. The lowest BCUT2D eigenvalue weighted by molar-refractivity contribution is -0.148. The van der Waals surface area contributed by atoms with E-state index in [1.54, 1.807) is 0 Å². The summed E-state index contributed by atoms with van der Waals surface area (Å²) >= 11 is 0. The van der Waals surface area contributed by atoms with Crippen LogP contribution in [0.15, 0.2) is 0 Å². The molecule has 3 atom stereocenters. The molecular formula is C13H24N2O3. The van der Waals surface area contributed by atoms with Gasteiger partial charge in [0.1, 0.15) is 0 Å². The molecule has 0 aromatic carbocycles. The van der Waals surface area contributed by atoms with Crippen LogP contribution in [-0.2, 0) is 9.59 Å². The smallest absolute Gasteiger partial charge is 0.306 e. The Labute approximate surface area is 109 Å². The second kappa shape index (κ2) is 6.73. The van der Waals surface area contributed by atoms with Crippen molar-refractivity contribution in [1.82, 2.24) is 10.2 Å². The van der Waals surface area contributed by atoms with Gasteiger partial charge in [-0.1, -0.05) is 13.8 Å². The molecule has 1 saturated heterocycles. The average molecular weight is 256 g/mol. The predicted molar refractivity (Wildman–Crippen MR) is 69.2 cm³/mol. The number of carbonyl (C=O) groups excluding carboxylic acids is 1. The van der Waals surface area contributed by atoms with E-state index < -0.39 is 5.97 Å². The Bertz CT molecular complexity index is 307. The Morgan fingerprint density at radius 1 is 1.50 bits per heavy atom. The molecule has 3 unspecified atom stereocenters. The monoisotopic (exact) mass is 256 g/mol. The van der Waals surface area contributed by atoms with Crippen molar-refractivity contribution in [3.63, 3.8) is 0 Å². The van der Waals surface area contributed by atoms with Crippen LogP contribution in [0, 0.1) is 11.8 Å². The first-order valence-corrected chi connectivity index (χ1v) is 6.71. The first-order chi connectivity index (χ1) is 8.47. The third kappa shape index (κ3) is 3.70. The van der Waals surface area contributed by atoms with Crippen LogP contribution < -0.4 is 5.32 Å². The molecule has 0 aliphatic carbocycles. The third-order valence-electron chi connectivity index (χ3n) is 3.63. The third-order valence-corrected chi connectivity index (χ3v) is 3.63. The first kappa shape index (κ1) is 15.0. The molecule has 5 nitrogen and oxygen atoms in total. The van der Waals surface area contributed by atoms with Crippen LogP contribution in [0.5, 0.6) is 0 Å². The molecule has 1 fully saturated rings. The zero-order chi connectivity index (χ0) is 13.7. The quantitative estimate of drug-likeness (QED) is 0.768. The highest BCUT2D eigenvalue weighted by Crippen LogP contribution is 2.24. The number of likely N-dealkylation sites (tertiary alicyclic amines) is 1. The van der Waals surface area contributed by atoms with E-state index in [-0.39, 0.29) is 23.8 Å². The standard InChI is InChI=1S/C13H24N2O3/c1-4-14-8-9(2)12(16)15-6-5-11(13(17)18)7-10(15)3/h9-11,14H,4-8H2,1-3H3,(H,17,18). The molecule has 2 N–H and O–H groups in total. The van der Waals surface area contributed by atoms with Gasteiger partial charge in [0.05, 0.1) is 5.92 Å². The van der Waals surface area contributed by atoms with Crippen molar-refractivity contribution < 1.29 is 14.7 Å². The molecule has 104 valence electrons. The summed E-state index contributed by atoms with van der Waals surface area (Å²) in [5.74, 6) is -0.955. The van der Waals surface area contributed by atoms with Gasteiger partial charge in [-0.3, -0.25) is 9.59 Å². The number of piperidine rings is 1. The highest BCUT2D eigenvalue weighted by Gasteiger charge is 2.33. The molecule has 0 saturated carbocycles. The molecule has 1 rings (SSSR count). The van der Waals surface area contributed by atoms with Gasteiger partial charge in [-0.05, 0) is 26.3 Å². The van der Waals surface area contributed by atoms with Gasteiger partial charge in [-0.25, -0.2) is 0 Å². The Morgan fingerprint density at radius 2 is 2.17 bits per heavy atom. The highest BCUT2D eigenvalue weighted by molar-refractivity contribution is 5.79. The minimum absolute atomic E-state index is 0.0245. The Balaban J connectivity index is 2.52. The summed E-state index contributed by atoms with van der Waals surface area (Å²) in [6, 6.07) is 0.0245. The van der Waals surface area contributed by atoms with Crippen LogP contribution >= 0.6 is 0 Å². The van der Waals surface area contributed by atoms with Crippen molar-refractivity contribution in [2.24, 2.45) is 11.8 Å². The number of rotatable bonds is 5. The molecular weight excluding hydrogens is 232 g/mol. The van der Waals surface area contributed by atoms with Crippen LogP contribution in [-0.4, -0.2) is 47.6 Å². The van der Waals surface area contributed by atoms with Crippen molar-refractivity contribution in [2.75, 3.05) is 19.6 Å².